The number of rotatable bonds is 4. The Kier molecular flexibility index (Phi) is 2.39. The van der Waals surface area contributed by atoms with E-state index in [0.717, 1.165) is 6.21 Å². The minimum Gasteiger partial charge on any atom is -0.306 e. The van der Waals surface area contributed by atoms with Gasteiger partial charge in [0.05, 0.1) is 12.8 Å². The maximum Gasteiger partial charge on any atom is 0.186 e. The maximum atomic E-state index is 10.7. The highest BCUT2D eigenvalue weighted by Gasteiger charge is 2.42. The van der Waals surface area contributed by atoms with Gasteiger partial charge in [-0.2, -0.15) is 0 Å². The predicted molar refractivity (Wildman–Crippen MR) is 43.9 cm³/mol. The van der Waals surface area contributed by atoms with Crippen molar-refractivity contribution in [1.29, 1.82) is 5.41 Å². The Balaban J connectivity index is 2.14. The minimum absolute atomic E-state index is 0.142. The molecule has 1 saturated carbocycles. The molecule has 0 bridgehead atoms. The van der Waals surface area contributed by atoms with Gasteiger partial charge in [-0.25, -0.2) is 0 Å². The van der Waals surface area contributed by atoms with Gasteiger partial charge >= 0.3 is 0 Å². The summed E-state index contributed by atoms with van der Waals surface area (Å²) in [6, 6.07) is 0.499. The van der Waals surface area contributed by atoms with E-state index in [1.807, 2.05) is 0 Å². The van der Waals surface area contributed by atoms with E-state index >= 15 is 0 Å². The maximum absolute atomic E-state index is 10.7. The third-order valence-corrected chi connectivity index (χ3v) is 2.49. The monoisotopic (exact) mass is 154 g/mol. The van der Waals surface area contributed by atoms with E-state index in [1.54, 1.807) is 0 Å². The van der Waals surface area contributed by atoms with Crippen molar-refractivity contribution in [2.75, 3.05) is 6.54 Å². The first-order valence-electron chi connectivity index (χ1n) is 3.93. The van der Waals surface area contributed by atoms with Crippen LogP contribution in [0.4, 0.5) is 0 Å². The Bertz CT molecular complexity index is 171. The van der Waals surface area contributed by atoms with E-state index in [-0.39, 0.29) is 5.78 Å². The molecule has 1 aliphatic rings. The first kappa shape index (κ1) is 8.40. The normalized spacial score (nSPS) is 34.9. The number of ketones is 1. The van der Waals surface area contributed by atoms with Crippen LogP contribution >= 0.6 is 0 Å². The zero-order valence-corrected chi connectivity index (χ0v) is 6.92. The summed E-state index contributed by atoms with van der Waals surface area (Å²) < 4.78 is 0. The summed E-state index contributed by atoms with van der Waals surface area (Å²) in [5.74, 6) is 1.23. The minimum atomic E-state index is -0.142. The molecule has 0 saturated heterocycles. The van der Waals surface area contributed by atoms with Crippen molar-refractivity contribution in [3.05, 3.63) is 0 Å². The van der Waals surface area contributed by atoms with Gasteiger partial charge in [-0.1, -0.05) is 13.8 Å². The van der Waals surface area contributed by atoms with Crippen LogP contribution in [0.15, 0.2) is 0 Å². The summed E-state index contributed by atoms with van der Waals surface area (Å²) >= 11 is 0. The number of hydrogen-bond donors (Lipinski definition) is 2. The molecule has 1 fully saturated rings. The third-order valence-electron chi connectivity index (χ3n) is 2.49. The van der Waals surface area contributed by atoms with Crippen molar-refractivity contribution in [1.82, 2.24) is 5.32 Å². The molecule has 3 nitrogen and oxygen atoms in total. The van der Waals surface area contributed by atoms with Crippen LogP contribution in [0.2, 0.25) is 0 Å². The molecule has 62 valence electrons. The predicted octanol–water partition coefficient (Wildman–Crippen LogP) is 0.449. The van der Waals surface area contributed by atoms with Crippen LogP contribution < -0.4 is 5.32 Å². The molecular weight excluding hydrogens is 140 g/mol. The fraction of sp³-hybridized carbons (Fsp3) is 0.750. The van der Waals surface area contributed by atoms with Crippen LogP contribution in [0.5, 0.6) is 0 Å². The van der Waals surface area contributed by atoms with Crippen LogP contribution in [0.3, 0.4) is 0 Å². The molecule has 0 aliphatic heterocycles. The summed E-state index contributed by atoms with van der Waals surface area (Å²) in [5.41, 5.74) is 0. The van der Waals surface area contributed by atoms with Crippen molar-refractivity contribution in [2.24, 2.45) is 11.8 Å². The first-order chi connectivity index (χ1) is 5.16. The van der Waals surface area contributed by atoms with Crippen molar-refractivity contribution >= 4 is 12.0 Å². The summed E-state index contributed by atoms with van der Waals surface area (Å²) in [6.07, 6.45) is 0.866. The molecule has 0 heterocycles. The van der Waals surface area contributed by atoms with Crippen molar-refractivity contribution in [3.8, 4) is 0 Å². The average Bonchev–Trinajstić information content (AvgIpc) is 2.56. The zero-order valence-electron chi connectivity index (χ0n) is 6.92. The van der Waals surface area contributed by atoms with Gasteiger partial charge in [0.25, 0.3) is 0 Å². The van der Waals surface area contributed by atoms with Crippen molar-refractivity contribution in [2.45, 2.75) is 19.9 Å². The number of Topliss-reactive ketones (excluding diaryl/α,β-unsaturated/α-hetero) is 1. The topological polar surface area (TPSA) is 53.0 Å². The van der Waals surface area contributed by atoms with Crippen molar-refractivity contribution in [3.63, 3.8) is 0 Å². The van der Waals surface area contributed by atoms with Gasteiger partial charge in [-0.15, -0.1) is 0 Å². The Hall–Kier alpha value is -0.700. The highest BCUT2D eigenvalue weighted by molar-refractivity contribution is 6.27. The molecular formula is C8H14N2O. The summed E-state index contributed by atoms with van der Waals surface area (Å²) in [4.78, 5) is 10.7. The highest BCUT2D eigenvalue weighted by Crippen LogP contribution is 2.37. The number of hydrogen-bond acceptors (Lipinski definition) is 3. The molecule has 1 rings (SSSR count). The van der Waals surface area contributed by atoms with Gasteiger partial charge in [-0.3, -0.25) is 4.79 Å². The van der Waals surface area contributed by atoms with Gasteiger partial charge in [0, 0.05) is 6.04 Å². The van der Waals surface area contributed by atoms with Gasteiger partial charge in [0.1, 0.15) is 0 Å². The summed E-state index contributed by atoms with van der Waals surface area (Å²) in [6.45, 7) is 4.65. The van der Waals surface area contributed by atoms with E-state index in [1.165, 1.54) is 0 Å². The fourth-order valence-electron chi connectivity index (χ4n) is 1.30. The zero-order chi connectivity index (χ0) is 8.43. The first-order valence-corrected chi connectivity index (χ1v) is 3.93. The largest absolute Gasteiger partial charge is 0.306 e. The lowest BCUT2D eigenvalue weighted by Crippen LogP contribution is -2.26. The van der Waals surface area contributed by atoms with E-state index < -0.39 is 0 Å². The van der Waals surface area contributed by atoms with Gasteiger partial charge in [-0.05, 0) is 11.8 Å². The molecule has 2 atom stereocenters. The average molecular weight is 154 g/mol. The quantitative estimate of drug-likeness (QED) is 0.578. The van der Waals surface area contributed by atoms with Crippen LogP contribution in [0.25, 0.3) is 0 Å². The molecule has 0 radical (unpaired) electrons. The number of carbonyl (C=O) groups excluding carboxylic acids is 1. The van der Waals surface area contributed by atoms with E-state index in [0.29, 0.717) is 24.4 Å². The van der Waals surface area contributed by atoms with Gasteiger partial charge < -0.3 is 10.7 Å². The lowest BCUT2D eigenvalue weighted by Gasteiger charge is -1.97. The van der Waals surface area contributed by atoms with Crippen LogP contribution in [0, 0.1) is 17.2 Å². The van der Waals surface area contributed by atoms with E-state index in [9.17, 15) is 4.79 Å². The van der Waals surface area contributed by atoms with Crippen LogP contribution in [-0.2, 0) is 4.79 Å². The second kappa shape index (κ2) is 3.13. The molecule has 1 aliphatic carbocycles. The molecule has 0 aromatic heterocycles. The molecule has 3 heteroatoms. The molecule has 2 unspecified atom stereocenters. The smallest absolute Gasteiger partial charge is 0.186 e. The van der Waals surface area contributed by atoms with Crippen LogP contribution in [0.1, 0.15) is 13.8 Å². The molecule has 11 heavy (non-hydrogen) atoms. The van der Waals surface area contributed by atoms with E-state index in [2.05, 4.69) is 19.2 Å². The summed E-state index contributed by atoms with van der Waals surface area (Å²) in [7, 11) is 0. The molecule has 0 aromatic carbocycles. The molecule has 2 N–H and O–H groups in total. The highest BCUT2D eigenvalue weighted by atomic mass is 16.1. The molecule has 0 spiro atoms. The van der Waals surface area contributed by atoms with Crippen LogP contribution in [-0.4, -0.2) is 24.6 Å². The standard InChI is InChI=1S/C8H14N2O/c1-5-6(2)8(5)10-4-7(11)3-9/h3,5-6,8-10H,4H2,1-2H3. The van der Waals surface area contributed by atoms with Gasteiger partial charge in [0.2, 0.25) is 0 Å². The molecule has 0 aromatic rings. The third kappa shape index (κ3) is 1.87. The van der Waals surface area contributed by atoms with E-state index in [4.69, 9.17) is 5.41 Å². The number of carbonyl (C=O) groups is 1. The lowest BCUT2D eigenvalue weighted by molar-refractivity contribution is -0.111. The van der Waals surface area contributed by atoms with Crippen molar-refractivity contribution < 1.29 is 4.79 Å². The SMILES string of the molecule is CC1C(C)C1NCC(=O)C=N. The molecule has 0 amide bonds. The lowest BCUT2D eigenvalue weighted by atomic mass is 10.4. The Morgan fingerprint density at radius 1 is 1.55 bits per heavy atom. The summed E-state index contributed by atoms with van der Waals surface area (Å²) in [5, 5.41) is 9.77. The Morgan fingerprint density at radius 2 is 2.09 bits per heavy atom. The number of nitrogens with one attached hydrogen (secondary N) is 2. The Morgan fingerprint density at radius 3 is 2.45 bits per heavy atom. The fourth-order valence-corrected chi connectivity index (χ4v) is 1.30. The Labute approximate surface area is 66.7 Å². The second-order valence-electron chi connectivity index (χ2n) is 3.24. The second-order valence-corrected chi connectivity index (χ2v) is 3.24. The van der Waals surface area contributed by atoms with Gasteiger partial charge in [0.15, 0.2) is 5.78 Å².